The lowest BCUT2D eigenvalue weighted by Gasteiger charge is -2.36. The Morgan fingerprint density at radius 3 is 2.43 bits per heavy atom. The minimum absolute atomic E-state index is 0.0783. The van der Waals surface area contributed by atoms with Gasteiger partial charge in [-0.25, -0.2) is 4.79 Å². The fourth-order valence-electron chi connectivity index (χ4n) is 7.48. The molecule has 2 saturated heterocycles. The van der Waals surface area contributed by atoms with Gasteiger partial charge in [-0.05, 0) is 61.9 Å². The molecule has 266 valence electrons. The van der Waals surface area contributed by atoms with Crippen LogP contribution in [0.1, 0.15) is 88.4 Å². The maximum absolute atomic E-state index is 13.3. The maximum atomic E-state index is 13.3. The summed E-state index contributed by atoms with van der Waals surface area (Å²) in [6.45, 7) is 5.63. The van der Waals surface area contributed by atoms with E-state index in [4.69, 9.17) is 10.5 Å². The molecule has 0 spiro atoms. The monoisotopic (exact) mass is 696 g/mol. The standard InChI is InChI=1S/C36H40N8O7/c1-20(32(46)38-30-18-28(40-41-30)23-6-8-25(16-23)51-36(37)50)22-4-2-21(3-5-22)19-42-12-14-43(15-13-42)24-7-9-26-27(17-24)35(49)44(34(26)48)29-10-11-31(45)39-33(29)47/h2-5,7,9,17-18,20,23,25,29H,6,8,10-16,19H2,1H3,(H2,37,50)(H,39,45,47)(H2,38,40,41,46)/t20-,23+,25-,29?/m0/s1. The highest BCUT2D eigenvalue weighted by molar-refractivity contribution is 6.23. The van der Waals surface area contributed by atoms with Crippen molar-refractivity contribution in [3.05, 3.63) is 76.5 Å². The summed E-state index contributed by atoms with van der Waals surface area (Å²) in [5.41, 5.74) is 9.43. The van der Waals surface area contributed by atoms with E-state index in [9.17, 15) is 28.8 Å². The predicted molar refractivity (Wildman–Crippen MR) is 184 cm³/mol. The number of carbonyl (C=O) groups is 6. The van der Waals surface area contributed by atoms with E-state index in [1.165, 1.54) is 0 Å². The van der Waals surface area contributed by atoms with Crippen LogP contribution >= 0.6 is 0 Å². The Morgan fingerprint density at radius 2 is 1.71 bits per heavy atom. The molecule has 3 fully saturated rings. The summed E-state index contributed by atoms with van der Waals surface area (Å²) in [6, 6.07) is 14.1. The van der Waals surface area contributed by atoms with Crippen LogP contribution in [0.2, 0.25) is 0 Å². The molecule has 15 heteroatoms. The first-order valence-corrected chi connectivity index (χ1v) is 17.3. The molecular weight excluding hydrogens is 656 g/mol. The number of nitrogens with zero attached hydrogens (tertiary/aromatic N) is 4. The SMILES string of the molecule is C[C@H](C(=O)Nc1cc([C@@H]2CC[C@H](OC(N)=O)C2)[nH]n1)c1ccc(CN2CCN(c3ccc4c(c3)C(=O)N(C3CCC(=O)NC3=O)C4=O)CC2)cc1. The summed E-state index contributed by atoms with van der Waals surface area (Å²) in [5, 5.41) is 12.4. The highest BCUT2D eigenvalue weighted by Crippen LogP contribution is 2.36. The number of aromatic amines is 1. The van der Waals surface area contributed by atoms with Gasteiger partial charge in [0.25, 0.3) is 11.8 Å². The number of amides is 6. The molecule has 3 aromatic rings. The number of nitrogens with one attached hydrogen (secondary N) is 3. The summed E-state index contributed by atoms with van der Waals surface area (Å²) in [7, 11) is 0. The van der Waals surface area contributed by atoms with Crippen LogP contribution in [0.3, 0.4) is 0 Å². The molecular formula is C36H40N8O7. The fourth-order valence-corrected chi connectivity index (χ4v) is 7.48. The summed E-state index contributed by atoms with van der Waals surface area (Å²) >= 11 is 0. The number of imide groups is 2. The van der Waals surface area contributed by atoms with E-state index in [-0.39, 0.29) is 41.9 Å². The average molecular weight is 697 g/mol. The lowest BCUT2D eigenvalue weighted by molar-refractivity contribution is -0.136. The van der Waals surface area contributed by atoms with Gasteiger partial charge in [0.15, 0.2) is 5.82 Å². The molecule has 7 rings (SSSR count). The Hall–Kier alpha value is -5.57. The Balaban J connectivity index is 0.891. The van der Waals surface area contributed by atoms with Crippen molar-refractivity contribution >= 4 is 47.1 Å². The van der Waals surface area contributed by atoms with Gasteiger partial charge < -0.3 is 20.7 Å². The summed E-state index contributed by atoms with van der Waals surface area (Å²) in [4.78, 5) is 79.9. The quantitative estimate of drug-likeness (QED) is 0.241. The molecule has 4 heterocycles. The van der Waals surface area contributed by atoms with Crippen LogP contribution in [0.4, 0.5) is 16.3 Å². The smallest absolute Gasteiger partial charge is 0.404 e. The molecule has 6 amide bonds. The van der Waals surface area contributed by atoms with E-state index >= 15 is 0 Å². The van der Waals surface area contributed by atoms with Crippen LogP contribution in [0.15, 0.2) is 48.5 Å². The Kier molecular flexibility index (Phi) is 9.29. The van der Waals surface area contributed by atoms with Crippen LogP contribution in [0.5, 0.6) is 0 Å². The predicted octanol–water partition coefficient (Wildman–Crippen LogP) is 2.61. The number of benzene rings is 2. The van der Waals surface area contributed by atoms with Crippen molar-refractivity contribution in [2.24, 2.45) is 5.73 Å². The Morgan fingerprint density at radius 1 is 0.961 bits per heavy atom. The molecule has 3 aliphatic heterocycles. The number of hydrogen-bond acceptors (Lipinski definition) is 10. The number of fused-ring (bicyclic) bond motifs is 1. The molecule has 15 nitrogen and oxygen atoms in total. The van der Waals surface area contributed by atoms with E-state index in [2.05, 4.69) is 30.6 Å². The number of rotatable bonds is 9. The van der Waals surface area contributed by atoms with E-state index in [1.807, 2.05) is 43.3 Å². The highest BCUT2D eigenvalue weighted by Gasteiger charge is 2.45. The number of carbonyl (C=O) groups excluding carboxylic acids is 6. The molecule has 4 aliphatic rings. The number of primary amides is 1. The first-order chi connectivity index (χ1) is 24.5. The summed E-state index contributed by atoms with van der Waals surface area (Å²) in [5.74, 6) is -2.01. The largest absolute Gasteiger partial charge is 0.446 e. The lowest BCUT2D eigenvalue weighted by atomic mass is 9.98. The van der Waals surface area contributed by atoms with Crippen LogP contribution in [-0.4, -0.2) is 94.0 Å². The highest BCUT2D eigenvalue weighted by atomic mass is 16.6. The van der Waals surface area contributed by atoms with Gasteiger partial charge in [0.05, 0.1) is 17.0 Å². The van der Waals surface area contributed by atoms with Gasteiger partial charge in [0.1, 0.15) is 12.1 Å². The molecule has 1 unspecified atom stereocenters. The first-order valence-electron chi connectivity index (χ1n) is 17.3. The van der Waals surface area contributed by atoms with Gasteiger partial charge in [-0.15, -0.1) is 0 Å². The zero-order chi connectivity index (χ0) is 35.8. The minimum Gasteiger partial charge on any atom is -0.446 e. The zero-order valence-corrected chi connectivity index (χ0v) is 28.2. The topological polar surface area (TPSA) is 200 Å². The van der Waals surface area contributed by atoms with Crippen LogP contribution in [0, 0.1) is 0 Å². The molecule has 4 atom stereocenters. The van der Waals surface area contributed by atoms with E-state index in [0.717, 1.165) is 73.0 Å². The maximum Gasteiger partial charge on any atom is 0.404 e. The number of H-pyrrole nitrogens is 1. The normalized spacial score (nSPS) is 22.9. The first kappa shape index (κ1) is 33.9. The Labute approximate surface area is 293 Å². The zero-order valence-electron chi connectivity index (χ0n) is 28.2. The van der Waals surface area contributed by atoms with E-state index in [0.29, 0.717) is 12.2 Å². The molecule has 0 radical (unpaired) electrons. The van der Waals surface area contributed by atoms with Crippen molar-refractivity contribution in [3.63, 3.8) is 0 Å². The van der Waals surface area contributed by atoms with Crippen molar-refractivity contribution in [1.82, 2.24) is 25.3 Å². The number of aromatic nitrogens is 2. The number of hydrogen-bond donors (Lipinski definition) is 4. The van der Waals surface area contributed by atoms with Crippen LogP contribution < -0.4 is 21.3 Å². The second-order valence-corrected chi connectivity index (χ2v) is 13.7. The molecule has 1 aromatic heterocycles. The Bertz CT molecular complexity index is 1880. The molecule has 0 bridgehead atoms. The summed E-state index contributed by atoms with van der Waals surface area (Å²) in [6.07, 6.45) is 1.45. The lowest BCUT2D eigenvalue weighted by Crippen LogP contribution is -2.54. The molecule has 1 saturated carbocycles. The third kappa shape index (κ3) is 7.06. The number of anilines is 2. The van der Waals surface area contributed by atoms with Gasteiger partial charge in [0.2, 0.25) is 17.7 Å². The van der Waals surface area contributed by atoms with Crippen molar-refractivity contribution in [2.45, 2.75) is 69.6 Å². The van der Waals surface area contributed by atoms with E-state index < -0.39 is 41.7 Å². The number of piperidine rings is 1. The number of nitrogens with two attached hydrogens (primary N) is 1. The second-order valence-electron chi connectivity index (χ2n) is 13.7. The number of piperazine rings is 1. The van der Waals surface area contributed by atoms with Crippen LogP contribution in [0.25, 0.3) is 0 Å². The molecule has 51 heavy (non-hydrogen) atoms. The van der Waals surface area contributed by atoms with Gasteiger partial charge >= 0.3 is 6.09 Å². The van der Waals surface area contributed by atoms with Crippen molar-refractivity contribution in [3.8, 4) is 0 Å². The summed E-state index contributed by atoms with van der Waals surface area (Å²) < 4.78 is 5.12. The molecule has 1 aliphatic carbocycles. The van der Waals surface area contributed by atoms with Gasteiger partial charge in [-0.2, -0.15) is 5.10 Å². The van der Waals surface area contributed by atoms with Gasteiger partial charge in [0, 0.05) is 62.5 Å². The molecule has 2 aromatic carbocycles. The second kappa shape index (κ2) is 14.0. The fraction of sp³-hybridized carbons (Fsp3) is 0.417. The average Bonchev–Trinajstić information content (AvgIpc) is 3.83. The van der Waals surface area contributed by atoms with Crippen molar-refractivity contribution in [2.75, 3.05) is 36.4 Å². The number of ether oxygens (including phenoxy) is 1. The van der Waals surface area contributed by atoms with Crippen molar-refractivity contribution in [1.29, 1.82) is 0 Å². The third-order valence-electron chi connectivity index (χ3n) is 10.4. The molecule has 5 N–H and O–H groups in total. The minimum atomic E-state index is -0.989. The van der Waals surface area contributed by atoms with Crippen molar-refractivity contribution < 1.29 is 33.5 Å². The van der Waals surface area contributed by atoms with Gasteiger partial charge in [-0.1, -0.05) is 24.3 Å². The third-order valence-corrected chi connectivity index (χ3v) is 10.4. The van der Waals surface area contributed by atoms with Crippen LogP contribution in [-0.2, 0) is 25.7 Å². The van der Waals surface area contributed by atoms with Gasteiger partial charge in [-0.3, -0.25) is 44.2 Å². The van der Waals surface area contributed by atoms with E-state index in [1.54, 1.807) is 12.1 Å².